The summed E-state index contributed by atoms with van der Waals surface area (Å²) >= 11 is 12.8. The minimum Gasteiger partial charge on any atom is -0.344 e. The lowest BCUT2D eigenvalue weighted by Gasteiger charge is -2.38. The van der Waals surface area contributed by atoms with Gasteiger partial charge >= 0.3 is 6.18 Å². The highest BCUT2D eigenvalue weighted by Gasteiger charge is 2.60. The Bertz CT molecular complexity index is 1840. The summed E-state index contributed by atoms with van der Waals surface area (Å²) in [6, 6.07) is -2.25. The number of hydrogen-bond donors (Lipinski definition) is 4. The molecule has 3 fully saturated rings. The molecule has 0 bridgehead atoms. The van der Waals surface area contributed by atoms with Crippen LogP contribution in [0.2, 0.25) is 10.0 Å². The van der Waals surface area contributed by atoms with Crippen LogP contribution in [0.5, 0.6) is 0 Å². The fourth-order valence-electron chi connectivity index (χ4n) is 8.55. The van der Waals surface area contributed by atoms with E-state index in [9.17, 15) is 46.7 Å². The third-order valence-corrected chi connectivity index (χ3v) is 13.3. The Hall–Kier alpha value is -4.12. The lowest BCUT2D eigenvalue weighted by atomic mass is 9.72. The van der Waals surface area contributed by atoms with E-state index in [2.05, 4.69) is 21.3 Å². The van der Waals surface area contributed by atoms with Crippen molar-refractivity contribution >= 4 is 64.6 Å². The van der Waals surface area contributed by atoms with Crippen LogP contribution in [-0.4, -0.2) is 126 Å². The number of carbonyl (C=O) groups excluding carboxylic acids is 7. The quantitative estimate of drug-likeness (QED) is 0.224. The fourth-order valence-corrected chi connectivity index (χ4v) is 8.94. The van der Waals surface area contributed by atoms with Gasteiger partial charge in [-0.05, 0) is 100 Å². The Morgan fingerprint density at radius 1 is 0.905 bits per heavy atom. The molecule has 0 radical (unpaired) electrons. The lowest BCUT2D eigenvalue weighted by molar-refractivity contribution is -0.230. The Balaban J connectivity index is 1.61. The minimum absolute atomic E-state index is 0.0555. The van der Waals surface area contributed by atoms with Crippen molar-refractivity contribution in [3.8, 4) is 0 Å². The summed E-state index contributed by atoms with van der Waals surface area (Å²) in [6.07, 6.45) is -2.20. The predicted octanol–water partition coefficient (Wildman–Crippen LogP) is 5.17. The van der Waals surface area contributed by atoms with Crippen molar-refractivity contribution in [3.05, 3.63) is 33.8 Å². The topological polar surface area (TPSA) is 177 Å². The SMILES string of the molecule is CC[C@H](NC(=O)C1(C(F)(F)F)CCCCC1)C(=O)N[C@@H](C)C(=O)N(C)[C@H]1CCCCN(C)C(=O)[C@@H](C2CC2)NC(=O)[C@H](Cc2cc(Cl)ccc2Cl)N(C)C(=O)[C@H](CC(C)C)NC1=O. The molecular formula is C44H64Cl2F3N7O7. The molecule has 2 saturated carbocycles. The van der Waals surface area contributed by atoms with Gasteiger partial charge in [0.1, 0.15) is 41.7 Å². The second-order valence-corrected chi connectivity index (χ2v) is 18.8. The molecule has 1 aliphatic heterocycles. The normalized spacial score (nSPS) is 24.3. The number of hydrogen-bond acceptors (Lipinski definition) is 7. The third kappa shape index (κ3) is 13.0. The molecular weight excluding hydrogens is 866 g/mol. The van der Waals surface area contributed by atoms with Crippen molar-refractivity contribution < 1.29 is 46.7 Å². The number of halogens is 5. The van der Waals surface area contributed by atoms with E-state index in [1.807, 2.05) is 13.8 Å². The van der Waals surface area contributed by atoms with Crippen LogP contribution in [0.25, 0.3) is 0 Å². The first-order chi connectivity index (χ1) is 29.5. The lowest BCUT2D eigenvalue weighted by Crippen LogP contribution is -2.61. The van der Waals surface area contributed by atoms with Crippen molar-refractivity contribution in [2.75, 3.05) is 27.7 Å². The van der Waals surface area contributed by atoms with Gasteiger partial charge in [-0.3, -0.25) is 33.6 Å². The van der Waals surface area contributed by atoms with Gasteiger partial charge < -0.3 is 36.0 Å². The number of amides is 7. The number of alkyl halides is 3. The number of carbonyl (C=O) groups is 7. The van der Waals surface area contributed by atoms with E-state index in [4.69, 9.17) is 23.2 Å². The molecule has 19 heteroatoms. The summed E-state index contributed by atoms with van der Waals surface area (Å²) in [4.78, 5) is 102. The first-order valence-electron chi connectivity index (χ1n) is 22.0. The largest absolute Gasteiger partial charge is 0.403 e. The van der Waals surface area contributed by atoms with Gasteiger partial charge in [-0.1, -0.05) is 63.2 Å². The van der Waals surface area contributed by atoms with Crippen molar-refractivity contribution in [2.45, 2.75) is 154 Å². The fraction of sp³-hybridized carbons (Fsp3) is 0.705. The minimum atomic E-state index is -4.82. The molecule has 6 atom stereocenters. The summed E-state index contributed by atoms with van der Waals surface area (Å²) in [5.74, 6) is -5.22. The monoisotopic (exact) mass is 929 g/mol. The average molecular weight is 931 g/mol. The van der Waals surface area contributed by atoms with Gasteiger partial charge in [0.05, 0.1) is 0 Å². The maximum Gasteiger partial charge on any atom is 0.403 e. The molecule has 352 valence electrons. The molecule has 4 N–H and O–H groups in total. The first-order valence-corrected chi connectivity index (χ1v) is 22.8. The highest BCUT2D eigenvalue weighted by atomic mass is 35.5. The molecule has 63 heavy (non-hydrogen) atoms. The van der Waals surface area contributed by atoms with Crippen LogP contribution in [0.15, 0.2) is 18.2 Å². The second-order valence-electron chi connectivity index (χ2n) is 17.9. The van der Waals surface area contributed by atoms with Gasteiger partial charge in [-0.15, -0.1) is 0 Å². The van der Waals surface area contributed by atoms with E-state index in [1.54, 1.807) is 25.2 Å². The second kappa shape index (κ2) is 22.2. The third-order valence-electron chi connectivity index (χ3n) is 12.7. The van der Waals surface area contributed by atoms with Crippen molar-refractivity contribution in [1.29, 1.82) is 0 Å². The Morgan fingerprint density at radius 3 is 2.14 bits per heavy atom. The standard InChI is InChI=1S/C44H64Cl2F3N7O7/c1-8-31(52-42(63)43(44(47,48)49)19-11-9-12-20-43)36(57)50-26(4)39(60)55(6)33-14-10-13-21-54(5)41(62)35(27-15-16-27)53-38(59)34(24-28-23-29(45)17-18-30(28)46)56(7)40(61)32(22-25(2)3)51-37(33)58/h17-18,23,25-27,31-35H,8-16,19-22,24H2,1-7H3,(H,50,57)(H,51,58)(H,52,63)(H,53,59)/t26-,31-,32-,33-,34-,35+/m0/s1. The van der Waals surface area contributed by atoms with Crippen LogP contribution in [0, 0.1) is 17.3 Å². The van der Waals surface area contributed by atoms with Gasteiger partial charge in [0.15, 0.2) is 0 Å². The van der Waals surface area contributed by atoms with Gasteiger partial charge in [-0.2, -0.15) is 13.2 Å². The van der Waals surface area contributed by atoms with Gasteiger partial charge in [0, 0.05) is 44.2 Å². The average Bonchev–Trinajstić information content (AvgIpc) is 4.08. The van der Waals surface area contributed by atoms with Crippen LogP contribution in [0.3, 0.4) is 0 Å². The van der Waals surface area contributed by atoms with E-state index in [0.29, 0.717) is 34.9 Å². The number of likely N-dealkylation sites (N-methyl/N-ethyl adjacent to an activating group) is 3. The number of nitrogens with zero attached hydrogens (tertiary/aromatic N) is 3. The highest BCUT2D eigenvalue weighted by Crippen LogP contribution is 2.49. The molecule has 1 aromatic carbocycles. The van der Waals surface area contributed by atoms with Gasteiger partial charge in [0.2, 0.25) is 41.4 Å². The smallest absolute Gasteiger partial charge is 0.344 e. The summed E-state index contributed by atoms with van der Waals surface area (Å²) in [5.41, 5.74) is -2.13. The molecule has 1 aromatic rings. The molecule has 0 spiro atoms. The molecule has 0 aromatic heterocycles. The van der Waals surface area contributed by atoms with E-state index in [-0.39, 0.29) is 75.7 Å². The molecule has 3 aliphatic rings. The number of benzene rings is 1. The molecule has 1 saturated heterocycles. The van der Waals surface area contributed by atoms with Crippen LogP contribution in [0.1, 0.15) is 110 Å². The van der Waals surface area contributed by atoms with E-state index in [0.717, 1.165) is 17.7 Å². The Morgan fingerprint density at radius 2 is 1.56 bits per heavy atom. The number of rotatable bonds is 12. The van der Waals surface area contributed by atoms with E-state index < -0.39 is 83.3 Å². The Labute approximate surface area is 378 Å². The summed E-state index contributed by atoms with van der Waals surface area (Å²) < 4.78 is 42.8. The zero-order chi connectivity index (χ0) is 47.0. The van der Waals surface area contributed by atoms with Crippen LogP contribution in [-0.2, 0) is 40.0 Å². The van der Waals surface area contributed by atoms with Crippen molar-refractivity contribution in [2.24, 2.45) is 17.3 Å². The molecule has 14 nitrogen and oxygen atoms in total. The highest BCUT2D eigenvalue weighted by molar-refractivity contribution is 6.33. The van der Waals surface area contributed by atoms with Gasteiger partial charge in [0.25, 0.3) is 0 Å². The summed E-state index contributed by atoms with van der Waals surface area (Å²) in [5, 5.41) is 11.3. The number of nitrogens with one attached hydrogen (secondary N) is 4. The molecule has 2 aliphatic carbocycles. The molecule has 4 rings (SSSR count). The van der Waals surface area contributed by atoms with Gasteiger partial charge in [-0.25, -0.2) is 0 Å². The van der Waals surface area contributed by atoms with E-state index in [1.165, 1.54) is 37.7 Å². The maximum absolute atomic E-state index is 14.5. The molecule has 1 heterocycles. The van der Waals surface area contributed by atoms with Crippen LogP contribution >= 0.6 is 23.2 Å². The maximum atomic E-state index is 14.5. The zero-order valence-electron chi connectivity index (χ0n) is 37.3. The zero-order valence-corrected chi connectivity index (χ0v) is 38.9. The van der Waals surface area contributed by atoms with Crippen LogP contribution < -0.4 is 21.3 Å². The summed E-state index contributed by atoms with van der Waals surface area (Å²) in [6.45, 7) is 6.88. The molecule has 0 unspecified atom stereocenters. The first kappa shape index (κ1) is 51.5. The Kier molecular flexibility index (Phi) is 18.1. The predicted molar refractivity (Wildman–Crippen MR) is 232 cm³/mol. The molecule has 7 amide bonds. The van der Waals surface area contributed by atoms with E-state index >= 15 is 0 Å². The van der Waals surface area contributed by atoms with Crippen molar-refractivity contribution in [1.82, 2.24) is 36.0 Å². The summed E-state index contributed by atoms with van der Waals surface area (Å²) in [7, 11) is 4.44. The van der Waals surface area contributed by atoms with Crippen LogP contribution in [0.4, 0.5) is 13.2 Å². The van der Waals surface area contributed by atoms with Crippen molar-refractivity contribution in [3.63, 3.8) is 0 Å².